The lowest BCUT2D eigenvalue weighted by Gasteiger charge is -2.33. The number of benzene rings is 3. The Hall–Kier alpha value is -6.90. The number of imidazole rings is 2. The minimum absolute atomic E-state index is 0.119. The van der Waals surface area contributed by atoms with Gasteiger partial charge in [-0.25, -0.2) is 19.7 Å². The van der Waals surface area contributed by atoms with Crippen molar-refractivity contribution in [3.63, 3.8) is 0 Å². The fraction of sp³-hybridized carbons (Fsp3) is 0.348. The van der Waals surface area contributed by atoms with E-state index in [0.29, 0.717) is 31.2 Å². The van der Waals surface area contributed by atoms with Gasteiger partial charge < -0.3 is 30.2 Å². The third kappa shape index (κ3) is 8.58. The van der Waals surface area contributed by atoms with E-state index >= 15 is 0 Å². The van der Waals surface area contributed by atoms with Gasteiger partial charge in [0.1, 0.15) is 23.7 Å². The zero-order valence-electron chi connectivity index (χ0n) is 34.7. The highest BCUT2D eigenvalue weighted by molar-refractivity contribution is 5.88. The van der Waals surface area contributed by atoms with E-state index < -0.39 is 18.2 Å². The van der Waals surface area contributed by atoms with E-state index in [0.717, 1.165) is 81.0 Å². The smallest absolute Gasteiger partial charge is 0.407 e. The topological polar surface area (TPSA) is 193 Å². The van der Waals surface area contributed by atoms with Gasteiger partial charge in [-0.15, -0.1) is 0 Å². The molecule has 2 aliphatic rings. The molecule has 5 heterocycles. The minimum Gasteiger partial charge on any atom is -0.465 e. The Labute approximate surface area is 353 Å². The van der Waals surface area contributed by atoms with Crippen LogP contribution in [0.3, 0.4) is 0 Å². The van der Waals surface area contributed by atoms with E-state index in [-0.39, 0.29) is 35.7 Å². The predicted molar refractivity (Wildman–Crippen MR) is 230 cm³/mol. The van der Waals surface area contributed by atoms with E-state index in [2.05, 4.69) is 15.3 Å². The summed E-state index contributed by atoms with van der Waals surface area (Å²) < 4.78 is 0. The van der Waals surface area contributed by atoms with Crippen molar-refractivity contribution in [3.8, 4) is 33.8 Å². The summed E-state index contributed by atoms with van der Waals surface area (Å²) in [4.78, 5) is 82.0. The Balaban J connectivity index is 0.940. The lowest BCUT2D eigenvalue weighted by Crippen LogP contribution is -2.51. The molecular formula is C46H50N10O5. The largest absolute Gasteiger partial charge is 0.465 e. The van der Waals surface area contributed by atoms with Gasteiger partial charge in [0.25, 0.3) is 0 Å². The van der Waals surface area contributed by atoms with E-state index in [1.807, 2.05) is 97.7 Å². The van der Waals surface area contributed by atoms with Gasteiger partial charge in [0.2, 0.25) is 17.7 Å². The molecule has 2 saturated heterocycles. The lowest BCUT2D eigenvalue weighted by molar-refractivity contribution is -0.138. The summed E-state index contributed by atoms with van der Waals surface area (Å²) in [6, 6.07) is 21.6. The Kier molecular flexibility index (Phi) is 11.6. The van der Waals surface area contributed by atoms with Crippen LogP contribution in [0.5, 0.6) is 0 Å². The number of carbonyl (C=O) groups is 4. The van der Waals surface area contributed by atoms with Crippen LogP contribution in [0.15, 0.2) is 91.4 Å². The van der Waals surface area contributed by atoms with Crippen molar-refractivity contribution in [1.29, 1.82) is 0 Å². The first-order valence-electron chi connectivity index (χ1n) is 20.8. The fourth-order valence-corrected chi connectivity index (χ4v) is 8.75. The van der Waals surface area contributed by atoms with Gasteiger partial charge in [-0.3, -0.25) is 24.3 Å². The number of aromatic amines is 2. The van der Waals surface area contributed by atoms with E-state index in [1.165, 1.54) is 14.0 Å². The second-order valence-electron chi connectivity index (χ2n) is 16.3. The molecule has 61 heavy (non-hydrogen) atoms. The van der Waals surface area contributed by atoms with E-state index in [1.54, 1.807) is 17.3 Å². The molecule has 0 aliphatic carbocycles. The van der Waals surface area contributed by atoms with Gasteiger partial charge in [0.15, 0.2) is 0 Å². The first-order valence-corrected chi connectivity index (χ1v) is 20.8. The maximum atomic E-state index is 13.9. The van der Waals surface area contributed by atoms with Crippen molar-refractivity contribution in [2.45, 2.75) is 77.0 Å². The first-order chi connectivity index (χ1) is 29.4. The lowest BCUT2D eigenvalue weighted by atomic mass is 10.0. The predicted octanol–water partition coefficient (Wildman–Crippen LogP) is 6.79. The van der Waals surface area contributed by atoms with Gasteiger partial charge in [0, 0.05) is 56.4 Å². The summed E-state index contributed by atoms with van der Waals surface area (Å²) in [7, 11) is 1.44. The van der Waals surface area contributed by atoms with E-state index in [9.17, 15) is 24.3 Å². The molecule has 3 aromatic heterocycles. The number of hydrogen-bond donors (Lipinski definition) is 4. The number of likely N-dealkylation sites (N-methyl/N-ethyl adjacent to an activating group) is 1. The molecular weight excluding hydrogens is 773 g/mol. The number of amides is 4. The molecule has 4 N–H and O–H groups in total. The Morgan fingerprint density at radius 2 is 1.46 bits per heavy atom. The third-order valence-electron chi connectivity index (χ3n) is 11.8. The molecule has 3 aromatic carbocycles. The fourth-order valence-electron chi connectivity index (χ4n) is 8.75. The minimum atomic E-state index is -1.13. The van der Waals surface area contributed by atoms with Crippen LogP contribution in [0.25, 0.3) is 44.8 Å². The standard InChI is InChI=1S/C46H50N10O5/c1-27(2)41(54(4)46(60)61)45(59)56-21-9-13-40(56)43-48-25-37(52-43)31-16-14-30(15-17-31)36-24-47-34-23-32(18-19-33(34)51-36)38-26-49-42(53-38)39-12-8-20-55(39)44(58)35(50-28(3)57)22-29-10-6-5-7-11-29/h5-7,10-11,14-19,23-27,35,39-41H,8-9,12-13,20-22H2,1-4H3,(H,48,52)(H,49,53)(H,50,57)(H,60,61)/t35-,39-,40-,41-/m0/s1. The first kappa shape index (κ1) is 40.9. The van der Waals surface area contributed by atoms with Crippen molar-refractivity contribution < 1.29 is 24.3 Å². The molecule has 0 saturated carbocycles. The van der Waals surface area contributed by atoms with Crippen LogP contribution in [0.4, 0.5) is 4.79 Å². The molecule has 314 valence electrons. The molecule has 4 amide bonds. The summed E-state index contributed by atoms with van der Waals surface area (Å²) in [5, 5.41) is 12.5. The number of hydrogen-bond acceptors (Lipinski definition) is 8. The molecule has 15 heteroatoms. The molecule has 0 bridgehead atoms. The summed E-state index contributed by atoms with van der Waals surface area (Å²) >= 11 is 0. The average Bonchev–Trinajstić information content (AvgIpc) is 4.10. The zero-order chi connectivity index (χ0) is 42.8. The average molecular weight is 823 g/mol. The van der Waals surface area contributed by atoms with Gasteiger partial charge in [0.05, 0.1) is 52.6 Å². The van der Waals surface area contributed by atoms with Crippen LogP contribution in [0.2, 0.25) is 0 Å². The van der Waals surface area contributed by atoms with Crippen molar-refractivity contribution in [1.82, 2.24) is 49.9 Å². The van der Waals surface area contributed by atoms with Crippen molar-refractivity contribution >= 4 is 34.8 Å². The second-order valence-corrected chi connectivity index (χ2v) is 16.3. The number of carbonyl (C=O) groups excluding carboxylic acids is 3. The SMILES string of the molecule is CC(=O)N[C@@H](Cc1ccccc1)C(=O)N1CCC[C@H]1c1ncc(-c2ccc3nc(-c4ccc(-c5c[nH]c([C@@H]6CCCN6C(=O)[C@H](C(C)C)N(C)C(=O)O)n5)cc4)cnc3c2)[nH]1. The molecule has 4 atom stereocenters. The monoisotopic (exact) mass is 822 g/mol. The van der Waals surface area contributed by atoms with Crippen molar-refractivity contribution in [3.05, 3.63) is 109 Å². The van der Waals surface area contributed by atoms with Gasteiger partial charge in [-0.05, 0) is 49.3 Å². The van der Waals surface area contributed by atoms with Crippen molar-refractivity contribution in [2.24, 2.45) is 5.92 Å². The number of likely N-dealkylation sites (tertiary alicyclic amines) is 2. The normalized spacial score (nSPS) is 17.5. The quantitative estimate of drug-likeness (QED) is 0.103. The number of aromatic nitrogens is 6. The number of fused-ring (bicyclic) bond motifs is 1. The molecule has 0 spiro atoms. The summed E-state index contributed by atoms with van der Waals surface area (Å²) in [5.74, 6) is 0.631. The zero-order valence-corrected chi connectivity index (χ0v) is 34.7. The van der Waals surface area contributed by atoms with Gasteiger partial charge in [-0.1, -0.05) is 74.5 Å². The molecule has 2 fully saturated rings. The number of rotatable bonds is 12. The molecule has 8 rings (SSSR count). The van der Waals surface area contributed by atoms with Crippen LogP contribution >= 0.6 is 0 Å². The third-order valence-corrected chi connectivity index (χ3v) is 11.8. The number of carboxylic acid groups (broad SMARTS) is 1. The maximum absolute atomic E-state index is 13.9. The molecule has 15 nitrogen and oxygen atoms in total. The number of nitrogens with one attached hydrogen (secondary N) is 3. The highest BCUT2D eigenvalue weighted by Crippen LogP contribution is 2.35. The second kappa shape index (κ2) is 17.4. The van der Waals surface area contributed by atoms with Crippen LogP contribution in [-0.4, -0.2) is 106 Å². The number of nitrogens with zero attached hydrogens (tertiary/aromatic N) is 7. The van der Waals surface area contributed by atoms with Crippen LogP contribution in [0.1, 0.15) is 75.8 Å². The molecule has 0 unspecified atom stereocenters. The summed E-state index contributed by atoms with van der Waals surface area (Å²) in [6.45, 7) is 6.29. The van der Waals surface area contributed by atoms with Crippen LogP contribution in [0, 0.1) is 5.92 Å². The number of H-pyrrole nitrogens is 2. The highest BCUT2D eigenvalue weighted by atomic mass is 16.4. The Morgan fingerprint density at radius 1 is 0.803 bits per heavy atom. The summed E-state index contributed by atoms with van der Waals surface area (Å²) in [6.07, 6.45) is 7.81. The van der Waals surface area contributed by atoms with Crippen LogP contribution < -0.4 is 5.32 Å². The summed E-state index contributed by atoms with van der Waals surface area (Å²) in [5.41, 5.74) is 7.40. The van der Waals surface area contributed by atoms with E-state index in [4.69, 9.17) is 19.9 Å². The highest BCUT2D eigenvalue weighted by Gasteiger charge is 2.40. The molecule has 6 aromatic rings. The van der Waals surface area contributed by atoms with Crippen molar-refractivity contribution in [2.75, 3.05) is 20.1 Å². The molecule has 0 radical (unpaired) electrons. The van der Waals surface area contributed by atoms with Crippen LogP contribution in [-0.2, 0) is 20.8 Å². The van der Waals surface area contributed by atoms with Gasteiger partial charge in [-0.2, -0.15) is 0 Å². The maximum Gasteiger partial charge on any atom is 0.407 e. The Bertz CT molecular complexity index is 2550. The molecule has 2 aliphatic heterocycles. The van der Waals surface area contributed by atoms with Gasteiger partial charge >= 0.3 is 6.09 Å². The Morgan fingerprint density at radius 3 is 2.13 bits per heavy atom.